The molecule has 1 N–H and O–H groups in total. The molecule has 4 rings (SSSR count). The van der Waals surface area contributed by atoms with Gasteiger partial charge < -0.3 is 18.9 Å². The van der Waals surface area contributed by atoms with Crippen LogP contribution in [0.4, 0.5) is 0 Å². The summed E-state index contributed by atoms with van der Waals surface area (Å²) in [6, 6.07) is 22.0. The third kappa shape index (κ3) is 4.45. The number of methoxy groups -OCH3 is 2. The van der Waals surface area contributed by atoms with Crippen molar-refractivity contribution in [1.29, 1.82) is 0 Å². The van der Waals surface area contributed by atoms with Gasteiger partial charge in [-0.25, -0.2) is 5.43 Å². The van der Waals surface area contributed by atoms with Crippen LogP contribution in [-0.2, 0) is 4.79 Å². The van der Waals surface area contributed by atoms with Crippen LogP contribution < -0.4 is 24.4 Å². The van der Waals surface area contributed by atoms with Crippen molar-refractivity contribution >= 4 is 12.1 Å². The van der Waals surface area contributed by atoms with Gasteiger partial charge in [0, 0.05) is 5.56 Å². The lowest BCUT2D eigenvalue weighted by Crippen LogP contribution is -2.44. The minimum Gasteiger partial charge on any atom is -0.497 e. The zero-order valence-corrected chi connectivity index (χ0v) is 17.1. The van der Waals surface area contributed by atoms with Gasteiger partial charge in [0.05, 0.1) is 20.4 Å². The molecule has 7 heteroatoms. The molecule has 0 fully saturated rings. The highest BCUT2D eigenvalue weighted by Crippen LogP contribution is 2.39. The lowest BCUT2D eigenvalue weighted by molar-refractivity contribution is -0.134. The summed E-state index contributed by atoms with van der Waals surface area (Å²) in [5.41, 5.74) is 4.04. The smallest absolute Gasteiger partial charge is 0.285 e. The Balaban J connectivity index is 1.55. The monoisotopic (exact) mass is 418 g/mol. The Kier molecular flexibility index (Phi) is 6.03. The first-order chi connectivity index (χ1) is 15.2. The fraction of sp³-hybridized carbons (Fsp3) is 0.167. The highest BCUT2D eigenvalue weighted by Gasteiger charge is 2.38. The van der Waals surface area contributed by atoms with Gasteiger partial charge in [0.1, 0.15) is 11.5 Å². The van der Waals surface area contributed by atoms with Gasteiger partial charge in [-0.1, -0.05) is 42.5 Å². The molecule has 158 valence electrons. The first-order valence-corrected chi connectivity index (χ1v) is 9.72. The van der Waals surface area contributed by atoms with E-state index in [4.69, 9.17) is 18.9 Å². The minimum absolute atomic E-state index is 0.429. The van der Waals surface area contributed by atoms with Crippen LogP contribution in [0.25, 0.3) is 0 Å². The first-order valence-electron chi connectivity index (χ1n) is 9.72. The lowest BCUT2D eigenvalue weighted by atomic mass is 10.0. The molecule has 0 saturated heterocycles. The number of nitrogens with one attached hydrogen (secondary N) is 1. The molecule has 1 aliphatic rings. The number of carbonyl (C=O) groups is 1. The van der Waals surface area contributed by atoms with Crippen LogP contribution in [0.15, 0.2) is 77.9 Å². The fourth-order valence-electron chi connectivity index (χ4n) is 3.29. The van der Waals surface area contributed by atoms with E-state index in [-0.39, 0.29) is 0 Å². The minimum atomic E-state index is -0.915. The van der Waals surface area contributed by atoms with Crippen molar-refractivity contribution in [3.63, 3.8) is 0 Å². The number of nitrogens with zero attached hydrogens (tertiary/aromatic N) is 1. The standard InChI is InChI=1S/C24H22N2O5/c1-28-18-12-13-19(29-2)17(14-18)15-25-26-24(27)23-22(16-8-4-3-5-9-16)30-20-10-6-7-11-21(20)31-23/h3-15,22-23H,1-2H3,(H,26,27)/b25-15-/t22-,23-/m0/s1. The molecular formula is C24H22N2O5. The van der Waals surface area contributed by atoms with Crippen LogP contribution in [0, 0.1) is 0 Å². The van der Waals surface area contributed by atoms with Crippen LogP contribution in [0.1, 0.15) is 17.2 Å². The zero-order chi connectivity index (χ0) is 21.6. The number of para-hydroxylation sites is 2. The van der Waals surface area contributed by atoms with E-state index in [0.29, 0.717) is 28.6 Å². The maximum atomic E-state index is 13.0. The molecule has 2 atom stereocenters. The maximum absolute atomic E-state index is 13.0. The van der Waals surface area contributed by atoms with Crippen molar-refractivity contribution in [3.8, 4) is 23.0 Å². The third-order valence-corrected chi connectivity index (χ3v) is 4.83. The van der Waals surface area contributed by atoms with Gasteiger partial charge in [0.15, 0.2) is 17.6 Å². The summed E-state index contributed by atoms with van der Waals surface area (Å²) in [6.07, 6.45) is -0.0340. The lowest BCUT2D eigenvalue weighted by Gasteiger charge is -2.32. The average Bonchev–Trinajstić information content (AvgIpc) is 2.83. The van der Waals surface area contributed by atoms with Gasteiger partial charge in [0.2, 0.25) is 6.10 Å². The summed E-state index contributed by atoms with van der Waals surface area (Å²) in [6.45, 7) is 0. The molecule has 7 nitrogen and oxygen atoms in total. The van der Waals surface area contributed by atoms with Gasteiger partial charge in [0.25, 0.3) is 5.91 Å². The Morgan fingerprint density at radius 1 is 0.935 bits per heavy atom. The quantitative estimate of drug-likeness (QED) is 0.487. The van der Waals surface area contributed by atoms with Crippen molar-refractivity contribution in [1.82, 2.24) is 5.43 Å². The topological polar surface area (TPSA) is 78.4 Å². The Hall–Kier alpha value is -4.00. The molecule has 0 unspecified atom stereocenters. The molecule has 0 aromatic heterocycles. The molecule has 3 aromatic carbocycles. The second-order valence-electron chi connectivity index (χ2n) is 6.78. The molecule has 1 aliphatic heterocycles. The number of rotatable bonds is 6. The van der Waals surface area contributed by atoms with Crippen molar-refractivity contribution in [2.45, 2.75) is 12.2 Å². The SMILES string of the molecule is COc1ccc(OC)c(/C=N\NC(=O)[C@H]2Oc3ccccc3O[C@H]2c2ccccc2)c1. The van der Waals surface area contributed by atoms with E-state index in [1.165, 1.54) is 6.21 Å². The predicted octanol–water partition coefficient (Wildman–Crippen LogP) is 3.74. The average molecular weight is 418 g/mol. The Bertz CT molecular complexity index is 1080. The molecule has 0 aliphatic carbocycles. The highest BCUT2D eigenvalue weighted by atomic mass is 16.6. The molecule has 1 amide bonds. The third-order valence-electron chi connectivity index (χ3n) is 4.83. The molecule has 1 heterocycles. The summed E-state index contributed by atoms with van der Waals surface area (Å²) in [4.78, 5) is 13.0. The molecule has 0 spiro atoms. The maximum Gasteiger partial charge on any atom is 0.285 e. The first kappa shape index (κ1) is 20.3. The molecule has 31 heavy (non-hydrogen) atoms. The number of hydrazone groups is 1. The molecule has 0 saturated carbocycles. The number of hydrogen-bond acceptors (Lipinski definition) is 6. The Morgan fingerprint density at radius 2 is 1.65 bits per heavy atom. The molecular weight excluding hydrogens is 396 g/mol. The van der Waals surface area contributed by atoms with E-state index in [1.807, 2.05) is 48.5 Å². The van der Waals surface area contributed by atoms with Gasteiger partial charge in [-0.3, -0.25) is 4.79 Å². The Morgan fingerprint density at radius 3 is 2.35 bits per heavy atom. The van der Waals surface area contributed by atoms with Crippen LogP contribution >= 0.6 is 0 Å². The zero-order valence-electron chi connectivity index (χ0n) is 17.1. The number of amides is 1. The van der Waals surface area contributed by atoms with E-state index in [0.717, 1.165) is 5.56 Å². The highest BCUT2D eigenvalue weighted by molar-refractivity contribution is 5.87. The van der Waals surface area contributed by atoms with E-state index < -0.39 is 18.1 Å². The summed E-state index contributed by atoms with van der Waals surface area (Å²) in [7, 11) is 3.14. The van der Waals surface area contributed by atoms with Crippen LogP contribution in [0.3, 0.4) is 0 Å². The fourth-order valence-corrected chi connectivity index (χ4v) is 3.29. The summed E-state index contributed by atoms with van der Waals surface area (Å²) >= 11 is 0. The van der Waals surface area contributed by atoms with E-state index in [2.05, 4.69) is 10.5 Å². The van der Waals surface area contributed by atoms with Gasteiger partial charge in [-0.15, -0.1) is 0 Å². The van der Waals surface area contributed by atoms with Crippen molar-refractivity contribution in [2.75, 3.05) is 14.2 Å². The van der Waals surface area contributed by atoms with Gasteiger partial charge in [-0.05, 0) is 35.9 Å². The second kappa shape index (κ2) is 9.21. The van der Waals surface area contributed by atoms with Crippen molar-refractivity contribution in [2.24, 2.45) is 5.10 Å². The van der Waals surface area contributed by atoms with Crippen LogP contribution in [0.2, 0.25) is 0 Å². The van der Waals surface area contributed by atoms with Gasteiger partial charge in [-0.2, -0.15) is 5.10 Å². The molecule has 0 radical (unpaired) electrons. The van der Waals surface area contributed by atoms with Gasteiger partial charge >= 0.3 is 0 Å². The number of ether oxygens (including phenoxy) is 4. The van der Waals surface area contributed by atoms with E-state index in [1.54, 1.807) is 38.5 Å². The predicted molar refractivity (Wildman–Crippen MR) is 116 cm³/mol. The van der Waals surface area contributed by atoms with Crippen LogP contribution in [0.5, 0.6) is 23.0 Å². The number of benzene rings is 3. The largest absolute Gasteiger partial charge is 0.497 e. The van der Waals surface area contributed by atoms with Crippen LogP contribution in [-0.4, -0.2) is 32.4 Å². The normalized spacial score (nSPS) is 17.2. The molecule has 0 bridgehead atoms. The summed E-state index contributed by atoms with van der Waals surface area (Å²) in [5.74, 6) is 1.92. The second-order valence-corrected chi connectivity index (χ2v) is 6.78. The number of carbonyl (C=O) groups excluding carboxylic acids is 1. The summed E-state index contributed by atoms with van der Waals surface area (Å²) < 4.78 is 22.7. The summed E-state index contributed by atoms with van der Waals surface area (Å²) in [5, 5.41) is 4.09. The molecule has 3 aromatic rings. The number of fused-ring (bicyclic) bond motifs is 1. The number of hydrogen-bond donors (Lipinski definition) is 1. The Labute approximate surface area is 180 Å². The van der Waals surface area contributed by atoms with E-state index in [9.17, 15) is 4.79 Å². The van der Waals surface area contributed by atoms with E-state index >= 15 is 0 Å². The van der Waals surface area contributed by atoms with Crippen molar-refractivity contribution in [3.05, 3.63) is 83.9 Å². The van der Waals surface area contributed by atoms with Crippen molar-refractivity contribution < 1.29 is 23.7 Å².